The molecule has 2 N–H and O–H groups in total. The highest BCUT2D eigenvalue weighted by atomic mass is 32.2. The van der Waals surface area contributed by atoms with E-state index in [4.69, 9.17) is 5.26 Å². The van der Waals surface area contributed by atoms with Crippen molar-refractivity contribution < 1.29 is 21.6 Å². The van der Waals surface area contributed by atoms with Crippen LogP contribution in [0.3, 0.4) is 0 Å². The highest BCUT2D eigenvalue weighted by Gasteiger charge is 2.34. The first kappa shape index (κ1) is 15.8. The summed E-state index contributed by atoms with van der Waals surface area (Å²) in [7, 11) is -3.95. The van der Waals surface area contributed by atoms with Crippen LogP contribution in [-0.4, -0.2) is 27.5 Å². The van der Waals surface area contributed by atoms with Crippen LogP contribution in [0.25, 0.3) is 0 Å². The summed E-state index contributed by atoms with van der Waals surface area (Å²) in [5.41, 5.74) is -1.86. The van der Waals surface area contributed by atoms with Crippen LogP contribution in [0.2, 0.25) is 0 Å². The molecule has 9 heteroatoms. The van der Waals surface area contributed by atoms with Gasteiger partial charge in [0, 0.05) is 12.6 Å². The van der Waals surface area contributed by atoms with Crippen molar-refractivity contribution in [3.63, 3.8) is 0 Å². The Morgan fingerprint density at radius 3 is 2.62 bits per heavy atom. The molecule has 2 rings (SSSR count). The first-order valence-electron chi connectivity index (χ1n) is 6.08. The average Bonchev–Trinajstić information content (AvgIpc) is 2.89. The van der Waals surface area contributed by atoms with Gasteiger partial charge in [-0.15, -0.1) is 0 Å². The van der Waals surface area contributed by atoms with Crippen molar-refractivity contribution in [2.24, 2.45) is 0 Å². The van der Waals surface area contributed by atoms with Gasteiger partial charge in [0.1, 0.15) is 0 Å². The molecule has 0 radical (unpaired) electrons. The predicted octanol–water partition coefficient (Wildman–Crippen LogP) is 1.22. The van der Waals surface area contributed by atoms with E-state index in [0.29, 0.717) is 25.6 Å². The van der Waals surface area contributed by atoms with Crippen LogP contribution in [-0.2, 0) is 16.2 Å². The number of nitriles is 1. The molecule has 114 valence electrons. The van der Waals surface area contributed by atoms with Gasteiger partial charge < -0.3 is 5.32 Å². The molecule has 0 aromatic heterocycles. The van der Waals surface area contributed by atoms with Crippen LogP contribution >= 0.6 is 0 Å². The molecule has 1 atom stereocenters. The number of nitrogens with zero attached hydrogens (tertiary/aromatic N) is 1. The molecule has 1 fully saturated rings. The van der Waals surface area contributed by atoms with E-state index >= 15 is 0 Å². The van der Waals surface area contributed by atoms with Crippen LogP contribution in [0.15, 0.2) is 23.1 Å². The maximum atomic E-state index is 12.7. The summed E-state index contributed by atoms with van der Waals surface area (Å²) in [4.78, 5) is -0.348. The fourth-order valence-corrected chi connectivity index (χ4v) is 3.37. The zero-order chi connectivity index (χ0) is 15.7. The van der Waals surface area contributed by atoms with E-state index in [1.54, 1.807) is 0 Å². The molecule has 1 aliphatic heterocycles. The van der Waals surface area contributed by atoms with Gasteiger partial charge in [-0.25, -0.2) is 13.1 Å². The zero-order valence-electron chi connectivity index (χ0n) is 10.7. The molecule has 1 unspecified atom stereocenters. The molecular weight excluding hydrogens is 307 g/mol. The van der Waals surface area contributed by atoms with Gasteiger partial charge >= 0.3 is 6.18 Å². The molecule has 0 amide bonds. The standard InChI is InChI=1S/C12H12F3N3O2S/c13-12(14,15)11-2-1-10(5-8(11)6-16)21(19,20)18-9-3-4-17-7-9/h1-2,5,9,17-18H,3-4,7H2. The van der Waals surface area contributed by atoms with Gasteiger partial charge in [-0.05, 0) is 31.2 Å². The molecule has 0 bridgehead atoms. The van der Waals surface area contributed by atoms with Gasteiger partial charge in [0.2, 0.25) is 10.0 Å². The fraction of sp³-hybridized carbons (Fsp3) is 0.417. The Hall–Kier alpha value is -1.63. The van der Waals surface area contributed by atoms with Gasteiger partial charge in [-0.2, -0.15) is 18.4 Å². The summed E-state index contributed by atoms with van der Waals surface area (Å²) >= 11 is 0. The molecule has 5 nitrogen and oxygen atoms in total. The minimum Gasteiger partial charge on any atom is -0.315 e. The normalized spacial score (nSPS) is 19.4. The van der Waals surface area contributed by atoms with Crippen molar-refractivity contribution in [1.82, 2.24) is 10.0 Å². The SMILES string of the molecule is N#Cc1cc(S(=O)(=O)NC2CCNC2)ccc1C(F)(F)F. The lowest BCUT2D eigenvalue weighted by molar-refractivity contribution is -0.137. The highest BCUT2D eigenvalue weighted by molar-refractivity contribution is 7.89. The highest BCUT2D eigenvalue weighted by Crippen LogP contribution is 2.32. The van der Waals surface area contributed by atoms with E-state index in [2.05, 4.69) is 10.0 Å². The second-order valence-corrected chi connectivity index (χ2v) is 6.34. The average molecular weight is 319 g/mol. The Bertz CT molecular complexity index is 674. The lowest BCUT2D eigenvalue weighted by Crippen LogP contribution is -2.36. The van der Waals surface area contributed by atoms with Gasteiger partial charge in [-0.1, -0.05) is 0 Å². The number of hydrogen-bond acceptors (Lipinski definition) is 4. The third-order valence-electron chi connectivity index (χ3n) is 3.11. The smallest absolute Gasteiger partial charge is 0.315 e. The minimum atomic E-state index is -4.70. The Morgan fingerprint density at radius 1 is 1.38 bits per heavy atom. The van der Waals surface area contributed by atoms with Gasteiger partial charge in [0.15, 0.2) is 0 Å². The quantitative estimate of drug-likeness (QED) is 0.877. The number of alkyl halides is 3. The van der Waals surface area contributed by atoms with Gasteiger partial charge in [0.25, 0.3) is 0 Å². The number of hydrogen-bond donors (Lipinski definition) is 2. The summed E-state index contributed by atoms with van der Waals surface area (Å²) in [5, 5.41) is 11.8. The first-order chi connectivity index (χ1) is 9.74. The lowest BCUT2D eigenvalue weighted by atomic mass is 10.1. The van der Waals surface area contributed by atoms with Gasteiger partial charge in [-0.3, -0.25) is 0 Å². The second-order valence-electron chi connectivity index (χ2n) is 4.63. The third kappa shape index (κ3) is 3.53. The molecular formula is C12H12F3N3O2S. The molecule has 0 spiro atoms. The second kappa shape index (κ2) is 5.63. The molecule has 0 aliphatic carbocycles. The summed E-state index contributed by atoms with van der Waals surface area (Å²) < 4.78 is 64.6. The molecule has 21 heavy (non-hydrogen) atoms. The van der Waals surface area contributed by atoms with E-state index < -0.39 is 27.3 Å². The Kier molecular flexibility index (Phi) is 4.22. The summed E-state index contributed by atoms with van der Waals surface area (Å²) in [6.45, 7) is 1.13. The Balaban J connectivity index is 2.34. The van der Waals surface area contributed by atoms with E-state index in [0.717, 1.165) is 12.1 Å². The van der Waals surface area contributed by atoms with Crippen LogP contribution in [0.5, 0.6) is 0 Å². The van der Waals surface area contributed by atoms with Gasteiger partial charge in [0.05, 0.1) is 22.1 Å². The summed E-state index contributed by atoms with van der Waals surface area (Å²) in [6.07, 6.45) is -4.10. The number of rotatable bonds is 3. The minimum absolute atomic E-state index is 0.303. The zero-order valence-corrected chi connectivity index (χ0v) is 11.6. The van der Waals surface area contributed by atoms with Crippen LogP contribution in [0.4, 0.5) is 13.2 Å². The first-order valence-corrected chi connectivity index (χ1v) is 7.57. The van der Waals surface area contributed by atoms with E-state index in [1.165, 1.54) is 6.07 Å². The molecule has 0 saturated carbocycles. The van der Waals surface area contributed by atoms with Crippen molar-refractivity contribution in [2.45, 2.75) is 23.5 Å². The maximum absolute atomic E-state index is 12.7. The molecule has 1 aliphatic rings. The number of halogens is 3. The van der Waals surface area contributed by atoms with Crippen LogP contribution in [0, 0.1) is 11.3 Å². The molecule has 1 saturated heterocycles. The fourth-order valence-electron chi connectivity index (χ4n) is 2.07. The van der Waals surface area contributed by atoms with Crippen LogP contribution in [0.1, 0.15) is 17.5 Å². The van der Waals surface area contributed by atoms with Crippen molar-refractivity contribution in [2.75, 3.05) is 13.1 Å². The summed E-state index contributed by atoms with van der Waals surface area (Å²) in [6, 6.07) is 3.29. The Morgan fingerprint density at radius 2 is 2.10 bits per heavy atom. The monoisotopic (exact) mass is 319 g/mol. The van der Waals surface area contributed by atoms with Crippen molar-refractivity contribution >= 4 is 10.0 Å². The van der Waals surface area contributed by atoms with Crippen LogP contribution < -0.4 is 10.0 Å². The number of nitrogens with one attached hydrogen (secondary N) is 2. The molecule has 1 aromatic carbocycles. The third-order valence-corrected chi connectivity index (χ3v) is 4.63. The van der Waals surface area contributed by atoms with E-state index in [9.17, 15) is 21.6 Å². The van der Waals surface area contributed by atoms with Crippen molar-refractivity contribution in [3.8, 4) is 6.07 Å². The maximum Gasteiger partial charge on any atom is 0.417 e. The van der Waals surface area contributed by atoms with E-state index in [1.807, 2.05) is 0 Å². The largest absolute Gasteiger partial charge is 0.417 e. The topological polar surface area (TPSA) is 82.0 Å². The molecule has 1 heterocycles. The number of sulfonamides is 1. The predicted molar refractivity (Wildman–Crippen MR) is 67.8 cm³/mol. The lowest BCUT2D eigenvalue weighted by Gasteiger charge is -2.14. The summed E-state index contributed by atoms with van der Waals surface area (Å²) in [5.74, 6) is 0. The number of benzene rings is 1. The van der Waals surface area contributed by atoms with Crippen molar-refractivity contribution in [1.29, 1.82) is 5.26 Å². The van der Waals surface area contributed by atoms with E-state index in [-0.39, 0.29) is 10.9 Å². The van der Waals surface area contributed by atoms with Crippen molar-refractivity contribution in [3.05, 3.63) is 29.3 Å². The molecule has 1 aromatic rings. The Labute approximate surface area is 119 Å².